The molecule has 1 aliphatic rings. The Morgan fingerprint density at radius 2 is 1.89 bits per heavy atom. The van der Waals surface area contributed by atoms with E-state index in [1.165, 1.54) is 18.2 Å². The summed E-state index contributed by atoms with van der Waals surface area (Å²) in [6, 6.07) is 5.59. The second-order valence-corrected chi connectivity index (χ2v) is 4.84. The molecule has 0 radical (unpaired) electrons. The number of carbonyl (C=O) groups is 2. The highest BCUT2D eigenvalue weighted by atomic mass is 19.1. The number of carbonyl (C=O) groups excluding carboxylic acids is 1. The van der Waals surface area contributed by atoms with Gasteiger partial charge in [0.2, 0.25) is 5.91 Å². The van der Waals surface area contributed by atoms with Crippen LogP contribution in [0.1, 0.15) is 25.7 Å². The smallest absolute Gasteiger partial charge is 0.307 e. The van der Waals surface area contributed by atoms with Gasteiger partial charge in [0.25, 0.3) is 0 Å². The predicted molar refractivity (Wildman–Crippen MR) is 68.1 cm³/mol. The molecular formula is C14H16FNO3. The van der Waals surface area contributed by atoms with Crippen LogP contribution in [0, 0.1) is 17.7 Å². The average molecular weight is 265 g/mol. The molecule has 0 spiro atoms. The molecule has 1 aromatic rings. The maximum absolute atomic E-state index is 13.0. The first kappa shape index (κ1) is 13.5. The molecule has 0 unspecified atom stereocenters. The standard InChI is InChI=1S/C14H16FNO3/c15-9-4-3-5-10(8-9)16-13(17)11-6-1-2-7-12(11)14(18)19/h3-5,8,11-12H,1-2,6-7H2,(H,16,17)(H,18,19)/t11-,12-/m0/s1. The molecular weight excluding hydrogens is 249 g/mol. The third kappa shape index (κ3) is 3.30. The molecule has 1 fully saturated rings. The molecule has 0 saturated heterocycles. The van der Waals surface area contributed by atoms with Gasteiger partial charge in [-0.2, -0.15) is 0 Å². The molecule has 0 aliphatic heterocycles. The number of hydrogen-bond donors (Lipinski definition) is 2. The van der Waals surface area contributed by atoms with Crippen molar-refractivity contribution in [1.82, 2.24) is 0 Å². The third-order valence-electron chi connectivity index (χ3n) is 3.51. The summed E-state index contributed by atoms with van der Waals surface area (Å²) in [7, 11) is 0. The lowest BCUT2D eigenvalue weighted by molar-refractivity contribution is -0.147. The lowest BCUT2D eigenvalue weighted by Crippen LogP contribution is -2.36. The Morgan fingerprint density at radius 3 is 2.53 bits per heavy atom. The zero-order valence-electron chi connectivity index (χ0n) is 10.4. The Balaban J connectivity index is 2.07. The SMILES string of the molecule is O=C(O)[C@H]1CCCC[C@@H]1C(=O)Nc1cccc(F)c1. The molecule has 1 amide bonds. The topological polar surface area (TPSA) is 66.4 Å². The van der Waals surface area contributed by atoms with Crippen LogP contribution in [0.15, 0.2) is 24.3 Å². The first-order chi connectivity index (χ1) is 9.08. The van der Waals surface area contributed by atoms with E-state index in [1.54, 1.807) is 6.07 Å². The summed E-state index contributed by atoms with van der Waals surface area (Å²) in [5.74, 6) is -2.87. The zero-order chi connectivity index (χ0) is 13.8. The van der Waals surface area contributed by atoms with Gasteiger partial charge in [-0.1, -0.05) is 18.9 Å². The van der Waals surface area contributed by atoms with Gasteiger partial charge >= 0.3 is 5.97 Å². The van der Waals surface area contributed by atoms with Crippen molar-refractivity contribution in [1.29, 1.82) is 0 Å². The molecule has 19 heavy (non-hydrogen) atoms. The molecule has 102 valence electrons. The van der Waals surface area contributed by atoms with Crippen molar-refractivity contribution in [2.45, 2.75) is 25.7 Å². The normalized spacial score (nSPS) is 22.8. The number of carboxylic acids is 1. The molecule has 0 aromatic heterocycles. The Hall–Kier alpha value is -1.91. The number of amides is 1. The second-order valence-electron chi connectivity index (χ2n) is 4.84. The van der Waals surface area contributed by atoms with E-state index >= 15 is 0 Å². The molecule has 4 nitrogen and oxygen atoms in total. The van der Waals surface area contributed by atoms with Crippen LogP contribution in [0.5, 0.6) is 0 Å². The minimum Gasteiger partial charge on any atom is -0.481 e. The summed E-state index contributed by atoms with van der Waals surface area (Å²) in [6.45, 7) is 0. The highest BCUT2D eigenvalue weighted by Gasteiger charge is 2.35. The fourth-order valence-corrected chi connectivity index (χ4v) is 2.54. The van der Waals surface area contributed by atoms with Crippen LogP contribution in [0.2, 0.25) is 0 Å². The van der Waals surface area contributed by atoms with E-state index < -0.39 is 23.6 Å². The van der Waals surface area contributed by atoms with Crippen molar-refractivity contribution in [2.75, 3.05) is 5.32 Å². The maximum atomic E-state index is 13.0. The molecule has 2 rings (SSSR count). The van der Waals surface area contributed by atoms with E-state index in [0.717, 1.165) is 12.8 Å². The van der Waals surface area contributed by atoms with Crippen molar-refractivity contribution in [3.63, 3.8) is 0 Å². The van der Waals surface area contributed by atoms with Crippen LogP contribution >= 0.6 is 0 Å². The van der Waals surface area contributed by atoms with E-state index in [1.807, 2.05) is 0 Å². The Kier molecular flexibility index (Phi) is 4.14. The van der Waals surface area contributed by atoms with Gasteiger partial charge in [0.05, 0.1) is 11.8 Å². The van der Waals surface area contributed by atoms with E-state index in [4.69, 9.17) is 5.11 Å². The van der Waals surface area contributed by atoms with Crippen molar-refractivity contribution in [3.8, 4) is 0 Å². The summed E-state index contributed by atoms with van der Waals surface area (Å²) in [5, 5.41) is 11.7. The zero-order valence-corrected chi connectivity index (χ0v) is 10.4. The minimum atomic E-state index is -0.931. The van der Waals surface area contributed by atoms with Crippen LogP contribution < -0.4 is 5.32 Å². The Morgan fingerprint density at radius 1 is 1.21 bits per heavy atom. The van der Waals surface area contributed by atoms with Crippen LogP contribution in [0.4, 0.5) is 10.1 Å². The molecule has 2 N–H and O–H groups in total. The van der Waals surface area contributed by atoms with Gasteiger partial charge in [0.1, 0.15) is 5.82 Å². The van der Waals surface area contributed by atoms with E-state index in [9.17, 15) is 14.0 Å². The first-order valence-electron chi connectivity index (χ1n) is 6.37. The predicted octanol–water partition coefficient (Wildman–Crippen LogP) is 2.66. The Bertz CT molecular complexity index is 489. The number of rotatable bonds is 3. The largest absolute Gasteiger partial charge is 0.481 e. The molecule has 5 heteroatoms. The molecule has 1 aromatic carbocycles. The number of hydrogen-bond acceptors (Lipinski definition) is 2. The highest BCUT2D eigenvalue weighted by Crippen LogP contribution is 2.31. The molecule has 1 saturated carbocycles. The van der Waals surface area contributed by atoms with Crippen molar-refractivity contribution < 1.29 is 19.1 Å². The fraction of sp³-hybridized carbons (Fsp3) is 0.429. The summed E-state index contributed by atoms with van der Waals surface area (Å²) in [5.41, 5.74) is 0.361. The number of benzene rings is 1. The number of aliphatic carboxylic acids is 1. The van der Waals surface area contributed by atoms with Gasteiger partial charge in [-0.15, -0.1) is 0 Å². The average Bonchev–Trinajstić information content (AvgIpc) is 2.38. The van der Waals surface area contributed by atoms with Gasteiger partial charge in [-0.3, -0.25) is 9.59 Å². The van der Waals surface area contributed by atoms with Crippen LogP contribution in [0.25, 0.3) is 0 Å². The van der Waals surface area contributed by atoms with Gasteiger partial charge in [0, 0.05) is 5.69 Å². The number of carboxylic acid groups (broad SMARTS) is 1. The summed E-state index contributed by atoms with van der Waals surface area (Å²) >= 11 is 0. The number of nitrogens with one attached hydrogen (secondary N) is 1. The van der Waals surface area contributed by atoms with Crippen LogP contribution in [-0.2, 0) is 9.59 Å². The van der Waals surface area contributed by atoms with Gasteiger partial charge in [-0.25, -0.2) is 4.39 Å². The second kappa shape index (κ2) is 5.82. The highest BCUT2D eigenvalue weighted by molar-refractivity contribution is 5.95. The van der Waals surface area contributed by atoms with Crippen molar-refractivity contribution in [3.05, 3.63) is 30.1 Å². The molecule has 1 aliphatic carbocycles. The summed E-state index contributed by atoms with van der Waals surface area (Å²) in [6.07, 6.45) is 2.78. The van der Waals surface area contributed by atoms with Gasteiger partial charge < -0.3 is 10.4 Å². The number of halogens is 1. The summed E-state index contributed by atoms with van der Waals surface area (Å²) in [4.78, 5) is 23.2. The quantitative estimate of drug-likeness (QED) is 0.883. The lowest BCUT2D eigenvalue weighted by atomic mass is 9.78. The fourth-order valence-electron chi connectivity index (χ4n) is 2.54. The van der Waals surface area contributed by atoms with Crippen LogP contribution in [0.3, 0.4) is 0 Å². The monoisotopic (exact) mass is 265 g/mol. The van der Waals surface area contributed by atoms with Crippen molar-refractivity contribution >= 4 is 17.6 Å². The molecule has 0 bridgehead atoms. The lowest BCUT2D eigenvalue weighted by Gasteiger charge is -2.27. The molecule has 0 heterocycles. The first-order valence-corrected chi connectivity index (χ1v) is 6.37. The van der Waals surface area contributed by atoms with Gasteiger partial charge in [-0.05, 0) is 31.0 Å². The Labute approximate surface area is 110 Å². The van der Waals surface area contributed by atoms with E-state index in [2.05, 4.69) is 5.32 Å². The van der Waals surface area contributed by atoms with Crippen molar-refractivity contribution in [2.24, 2.45) is 11.8 Å². The number of anilines is 1. The third-order valence-corrected chi connectivity index (χ3v) is 3.51. The van der Waals surface area contributed by atoms with E-state index in [0.29, 0.717) is 18.5 Å². The summed E-state index contributed by atoms with van der Waals surface area (Å²) < 4.78 is 13.0. The minimum absolute atomic E-state index is 0.335. The van der Waals surface area contributed by atoms with E-state index in [-0.39, 0.29) is 5.91 Å². The van der Waals surface area contributed by atoms with Gasteiger partial charge in [0.15, 0.2) is 0 Å². The van der Waals surface area contributed by atoms with Crippen LogP contribution in [-0.4, -0.2) is 17.0 Å². The molecule has 2 atom stereocenters. The maximum Gasteiger partial charge on any atom is 0.307 e.